The van der Waals surface area contributed by atoms with Gasteiger partial charge in [-0.3, -0.25) is 4.79 Å². The molecule has 13 heavy (non-hydrogen) atoms. The molecule has 0 unspecified atom stereocenters. The first kappa shape index (κ1) is 12.4. The Hall–Kier alpha value is -0.610. The highest BCUT2D eigenvalue weighted by Gasteiger charge is 1.98. The van der Waals surface area contributed by atoms with Gasteiger partial charge in [0.2, 0.25) is 5.91 Å². The summed E-state index contributed by atoms with van der Waals surface area (Å²) in [5.41, 5.74) is 0. The zero-order valence-electron chi connectivity index (χ0n) is 7.96. The summed E-state index contributed by atoms with van der Waals surface area (Å²) in [5, 5.41) is 19.7. The molecule has 0 rings (SSSR count). The van der Waals surface area contributed by atoms with E-state index in [0.29, 0.717) is 19.4 Å². The number of amides is 1. The Bertz CT molecular complexity index is 128. The molecular formula is C9H19NO3. The Kier molecular flexibility index (Phi) is 9.03. The van der Waals surface area contributed by atoms with Gasteiger partial charge < -0.3 is 15.5 Å². The van der Waals surface area contributed by atoms with Crippen molar-refractivity contribution in [2.45, 2.75) is 32.1 Å². The number of carbonyl (C=O) groups is 1. The Morgan fingerprint density at radius 3 is 2.31 bits per heavy atom. The largest absolute Gasteiger partial charge is 0.396 e. The summed E-state index contributed by atoms with van der Waals surface area (Å²) in [5.74, 6) is -0.00181. The van der Waals surface area contributed by atoms with E-state index in [1.807, 2.05) is 0 Å². The lowest BCUT2D eigenvalue weighted by Crippen LogP contribution is -2.24. The van der Waals surface area contributed by atoms with Crippen molar-refractivity contribution in [3.8, 4) is 0 Å². The third-order valence-electron chi connectivity index (χ3n) is 1.72. The molecule has 0 aliphatic rings. The minimum atomic E-state index is -0.00181. The Morgan fingerprint density at radius 1 is 1.00 bits per heavy atom. The van der Waals surface area contributed by atoms with Gasteiger partial charge in [-0.25, -0.2) is 0 Å². The summed E-state index contributed by atoms with van der Waals surface area (Å²) >= 11 is 0. The standard InChI is InChI=1S/C9H19NO3/c11-7-3-1-2-6-10-9(13)5-4-8-12/h11-12H,1-8H2,(H,10,13). The van der Waals surface area contributed by atoms with Gasteiger partial charge in [0.1, 0.15) is 0 Å². The van der Waals surface area contributed by atoms with Gasteiger partial charge in [-0.05, 0) is 25.7 Å². The van der Waals surface area contributed by atoms with E-state index in [2.05, 4.69) is 5.32 Å². The second-order valence-electron chi connectivity index (χ2n) is 2.96. The van der Waals surface area contributed by atoms with Gasteiger partial charge in [-0.2, -0.15) is 0 Å². The molecule has 0 spiro atoms. The van der Waals surface area contributed by atoms with E-state index in [9.17, 15) is 4.79 Å². The van der Waals surface area contributed by atoms with E-state index in [-0.39, 0.29) is 19.1 Å². The molecule has 1 amide bonds. The molecule has 0 heterocycles. The smallest absolute Gasteiger partial charge is 0.220 e. The third kappa shape index (κ3) is 9.30. The molecule has 78 valence electrons. The molecule has 0 bridgehead atoms. The monoisotopic (exact) mass is 189 g/mol. The number of aliphatic hydroxyl groups excluding tert-OH is 2. The number of aliphatic hydroxyl groups is 2. The van der Waals surface area contributed by atoms with Crippen LogP contribution in [0.25, 0.3) is 0 Å². The predicted octanol–water partition coefficient (Wildman–Crippen LogP) is 0.0377. The summed E-state index contributed by atoms with van der Waals surface area (Å²) in [6, 6.07) is 0. The van der Waals surface area contributed by atoms with E-state index in [1.54, 1.807) is 0 Å². The normalized spacial score (nSPS) is 10.0. The van der Waals surface area contributed by atoms with E-state index in [4.69, 9.17) is 10.2 Å². The maximum absolute atomic E-state index is 11.0. The zero-order valence-corrected chi connectivity index (χ0v) is 7.96. The van der Waals surface area contributed by atoms with Crippen molar-refractivity contribution in [2.24, 2.45) is 0 Å². The first-order valence-electron chi connectivity index (χ1n) is 4.79. The fourth-order valence-electron chi connectivity index (χ4n) is 0.969. The number of unbranched alkanes of at least 4 members (excludes halogenated alkanes) is 2. The summed E-state index contributed by atoms with van der Waals surface area (Å²) in [7, 11) is 0. The van der Waals surface area contributed by atoms with E-state index in [1.165, 1.54) is 0 Å². The second kappa shape index (κ2) is 9.48. The fourth-order valence-corrected chi connectivity index (χ4v) is 0.969. The van der Waals surface area contributed by atoms with Crippen LogP contribution in [0.15, 0.2) is 0 Å². The van der Waals surface area contributed by atoms with E-state index >= 15 is 0 Å². The molecule has 0 radical (unpaired) electrons. The van der Waals surface area contributed by atoms with Crippen molar-refractivity contribution < 1.29 is 15.0 Å². The predicted molar refractivity (Wildman–Crippen MR) is 50.3 cm³/mol. The van der Waals surface area contributed by atoms with E-state index < -0.39 is 0 Å². The van der Waals surface area contributed by atoms with Crippen LogP contribution in [0.3, 0.4) is 0 Å². The molecule has 0 aromatic carbocycles. The molecule has 0 saturated heterocycles. The number of hydrogen-bond donors (Lipinski definition) is 3. The van der Waals surface area contributed by atoms with Crippen LogP contribution in [0.1, 0.15) is 32.1 Å². The van der Waals surface area contributed by atoms with Crippen LogP contribution in [0.5, 0.6) is 0 Å². The van der Waals surface area contributed by atoms with Crippen molar-refractivity contribution in [1.29, 1.82) is 0 Å². The lowest BCUT2D eigenvalue weighted by Gasteiger charge is -2.03. The molecule has 0 fully saturated rings. The van der Waals surface area contributed by atoms with Gasteiger partial charge in [0, 0.05) is 26.2 Å². The number of carbonyl (C=O) groups excluding carboxylic acids is 1. The Morgan fingerprint density at radius 2 is 1.69 bits per heavy atom. The van der Waals surface area contributed by atoms with Gasteiger partial charge in [-0.15, -0.1) is 0 Å². The zero-order chi connectivity index (χ0) is 9.94. The second-order valence-corrected chi connectivity index (χ2v) is 2.96. The van der Waals surface area contributed by atoms with Crippen LogP contribution in [-0.4, -0.2) is 35.9 Å². The van der Waals surface area contributed by atoms with Gasteiger partial charge >= 0.3 is 0 Å². The van der Waals surface area contributed by atoms with Crippen LogP contribution in [0.2, 0.25) is 0 Å². The van der Waals surface area contributed by atoms with Crippen molar-refractivity contribution in [2.75, 3.05) is 19.8 Å². The lowest BCUT2D eigenvalue weighted by atomic mass is 10.2. The summed E-state index contributed by atoms with van der Waals surface area (Å²) < 4.78 is 0. The number of hydrogen-bond acceptors (Lipinski definition) is 3. The minimum absolute atomic E-state index is 0.00181. The van der Waals surface area contributed by atoms with Crippen LogP contribution in [-0.2, 0) is 4.79 Å². The van der Waals surface area contributed by atoms with Gasteiger partial charge in [0.05, 0.1) is 0 Å². The fraction of sp³-hybridized carbons (Fsp3) is 0.889. The van der Waals surface area contributed by atoms with Crippen LogP contribution in [0.4, 0.5) is 0 Å². The van der Waals surface area contributed by atoms with Crippen molar-refractivity contribution in [3.05, 3.63) is 0 Å². The average molecular weight is 189 g/mol. The van der Waals surface area contributed by atoms with Gasteiger partial charge in [-0.1, -0.05) is 0 Å². The van der Waals surface area contributed by atoms with Crippen LogP contribution in [0, 0.1) is 0 Å². The number of nitrogens with one attached hydrogen (secondary N) is 1. The first-order valence-corrected chi connectivity index (χ1v) is 4.79. The van der Waals surface area contributed by atoms with Crippen LogP contribution >= 0.6 is 0 Å². The maximum atomic E-state index is 11.0. The highest BCUT2D eigenvalue weighted by atomic mass is 16.3. The van der Waals surface area contributed by atoms with E-state index in [0.717, 1.165) is 19.3 Å². The number of rotatable bonds is 8. The molecule has 0 atom stereocenters. The molecular weight excluding hydrogens is 170 g/mol. The topological polar surface area (TPSA) is 69.6 Å². The molecule has 0 aromatic rings. The summed E-state index contributed by atoms with van der Waals surface area (Å²) in [6.07, 6.45) is 3.58. The van der Waals surface area contributed by atoms with Crippen molar-refractivity contribution >= 4 is 5.91 Å². The Labute approximate surface area is 79.0 Å². The SMILES string of the molecule is O=C(CCCO)NCCCCCO. The average Bonchev–Trinajstić information content (AvgIpc) is 2.14. The summed E-state index contributed by atoms with van der Waals surface area (Å²) in [4.78, 5) is 11.0. The van der Waals surface area contributed by atoms with Gasteiger partial charge in [0.15, 0.2) is 0 Å². The lowest BCUT2D eigenvalue weighted by molar-refractivity contribution is -0.121. The van der Waals surface area contributed by atoms with Crippen molar-refractivity contribution in [1.82, 2.24) is 5.32 Å². The highest BCUT2D eigenvalue weighted by Crippen LogP contribution is 1.93. The molecule has 4 heteroatoms. The Balaban J connectivity index is 3.08. The first-order chi connectivity index (χ1) is 6.31. The molecule has 0 aliphatic carbocycles. The molecule has 4 nitrogen and oxygen atoms in total. The maximum Gasteiger partial charge on any atom is 0.220 e. The highest BCUT2D eigenvalue weighted by molar-refractivity contribution is 5.75. The molecule has 0 saturated carbocycles. The van der Waals surface area contributed by atoms with Crippen molar-refractivity contribution in [3.63, 3.8) is 0 Å². The summed E-state index contributed by atoms with van der Waals surface area (Å²) in [6.45, 7) is 0.959. The van der Waals surface area contributed by atoms with Gasteiger partial charge in [0.25, 0.3) is 0 Å². The molecule has 0 aromatic heterocycles. The minimum Gasteiger partial charge on any atom is -0.396 e. The molecule has 3 N–H and O–H groups in total. The molecule has 0 aliphatic heterocycles. The third-order valence-corrected chi connectivity index (χ3v) is 1.72. The van der Waals surface area contributed by atoms with Crippen LogP contribution < -0.4 is 5.32 Å². The quantitative estimate of drug-likeness (QED) is 0.472.